The molecular weight excluding hydrogens is 386 g/mol. The molecule has 0 saturated heterocycles. The van der Waals surface area contributed by atoms with Crippen molar-refractivity contribution in [1.29, 1.82) is 0 Å². The minimum Gasteiger partial charge on any atom is -0.494 e. The highest BCUT2D eigenvalue weighted by Crippen LogP contribution is 2.29. The van der Waals surface area contributed by atoms with Crippen molar-refractivity contribution in [3.05, 3.63) is 48.0 Å². The van der Waals surface area contributed by atoms with Crippen molar-refractivity contribution >= 4 is 42.6 Å². The molecule has 0 unspecified atom stereocenters. The van der Waals surface area contributed by atoms with Gasteiger partial charge in [0.25, 0.3) is 5.91 Å². The summed E-state index contributed by atoms with van der Waals surface area (Å²) in [4.78, 5) is 16.9. The number of ether oxygens (including phenoxy) is 1. The molecule has 1 amide bonds. The average Bonchev–Trinajstić information content (AvgIpc) is 3.03. The van der Waals surface area contributed by atoms with E-state index in [1.807, 2.05) is 25.1 Å². The van der Waals surface area contributed by atoms with Crippen LogP contribution in [-0.4, -0.2) is 32.5 Å². The summed E-state index contributed by atoms with van der Waals surface area (Å²) in [7, 11) is -3.63. The SMILES string of the molecule is CCNS(=O)(=O)c1cccc(C(=O)Nc2nc3ccc(OCC)cc3s2)c1. The molecule has 142 valence electrons. The van der Waals surface area contributed by atoms with E-state index in [1.54, 1.807) is 13.0 Å². The number of carbonyl (C=O) groups excluding carboxylic acids is 1. The Hall–Kier alpha value is -2.49. The number of benzene rings is 2. The minimum atomic E-state index is -3.63. The summed E-state index contributed by atoms with van der Waals surface area (Å²) in [6.07, 6.45) is 0. The third-order valence-electron chi connectivity index (χ3n) is 3.63. The Morgan fingerprint density at radius 2 is 2.00 bits per heavy atom. The molecule has 3 aromatic rings. The molecule has 0 bridgehead atoms. The summed E-state index contributed by atoms with van der Waals surface area (Å²) in [5, 5.41) is 3.16. The second-order valence-electron chi connectivity index (χ2n) is 5.56. The van der Waals surface area contributed by atoms with Crippen LogP contribution in [0.4, 0.5) is 5.13 Å². The monoisotopic (exact) mass is 405 g/mol. The molecule has 0 spiro atoms. The topological polar surface area (TPSA) is 97.4 Å². The largest absolute Gasteiger partial charge is 0.494 e. The number of sulfonamides is 1. The van der Waals surface area contributed by atoms with E-state index in [4.69, 9.17) is 4.74 Å². The zero-order valence-corrected chi connectivity index (χ0v) is 16.5. The van der Waals surface area contributed by atoms with Crippen LogP contribution in [0.5, 0.6) is 5.75 Å². The molecule has 0 saturated carbocycles. The number of nitrogens with one attached hydrogen (secondary N) is 2. The van der Waals surface area contributed by atoms with E-state index in [2.05, 4.69) is 15.0 Å². The molecular formula is C18H19N3O4S2. The van der Waals surface area contributed by atoms with Gasteiger partial charge in [0, 0.05) is 12.1 Å². The lowest BCUT2D eigenvalue weighted by Crippen LogP contribution is -2.23. The average molecular weight is 406 g/mol. The lowest BCUT2D eigenvalue weighted by Gasteiger charge is -2.06. The van der Waals surface area contributed by atoms with Crippen molar-refractivity contribution in [2.75, 3.05) is 18.5 Å². The molecule has 0 atom stereocenters. The number of amides is 1. The summed E-state index contributed by atoms with van der Waals surface area (Å²) < 4.78 is 33.0. The molecule has 27 heavy (non-hydrogen) atoms. The lowest BCUT2D eigenvalue weighted by molar-refractivity contribution is 0.102. The van der Waals surface area contributed by atoms with Gasteiger partial charge in [0.05, 0.1) is 21.7 Å². The van der Waals surface area contributed by atoms with Crippen LogP contribution < -0.4 is 14.8 Å². The predicted octanol–water partition coefficient (Wildman–Crippen LogP) is 3.25. The number of anilines is 1. The van der Waals surface area contributed by atoms with Gasteiger partial charge >= 0.3 is 0 Å². The maximum absolute atomic E-state index is 12.5. The van der Waals surface area contributed by atoms with Crippen molar-refractivity contribution in [3.63, 3.8) is 0 Å². The molecule has 2 N–H and O–H groups in total. The van der Waals surface area contributed by atoms with Crippen LogP contribution in [0, 0.1) is 0 Å². The standard InChI is InChI=1S/C18H19N3O4S2/c1-3-19-27(23,24)14-7-5-6-12(10-14)17(22)21-18-20-15-9-8-13(25-4-2)11-16(15)26-18/h5-11,19H,3-4H2,1-2H3,(H,20,21,22). The molecule has 1 aromatic heterocycles. The normalized spacial score (nSPS) is 11.5. The number of fused-ring (bicyclic) bond motifs is 1. The Labute approximate surface area is 161 Å². The maximum atomic E-state index is 12.5. The van der Waals surface area contributed by atoms with E-state index in [9.17, 15) is 13.2 Å². The summed E-state index contributed by atoms with van der Waals surface area (Å²) >= 11 is 1.32. The Morgan fingerprint density at radius 3 is 2.74 bits per heavy atom. The summed E-state index contributed by atoms with van der Waals surface area (Å²) in [6.45, 7) is 4.44. The number of nitrogens with zero attached hydrogens (tertiary/aromatic N) is 1. The van der Waals surface area contributed by atoms with E-state index in [-0.39, 0.29) is 17.0 Å². The van der Waals surface area contributed by atoms with Gasteiger partial charge in [-0.3, -0.25) is 10.1 Å². The molecule has 0 aliphatic carbocycles. The highest BCUT2D eigenvalue weighted by atomic mass is 32.2. The maximum Gasteiger partial charge on any atom is 0.257 e. The first-order chi connectivity index (χ1) is 12.9. The number of hydrogen-bond donors (Lipinski definition) is 2. The van der Waals surface area contributed by atoms with E-state index in [0.29, 0.717) is 11.7 Å². The fraction of sp³-hybridized carbons (Fsp3) is 0.222. The first kappa shape index (κ1) is 19.3. The first-order valence-electron chi connectivity index (χ1n) is 8.37. The molecule has 2 aromatic carbocycles. The minimum absolute atomic E-state index is 0.0441. The van der Waals surface area contributed by atoms with Gasteiger partial charge in [-0.25, -0.2) is 18.1 Å². The van der Waals surface area contributed by atoms with Gasteiger partial charge in [-0.2, -0.15) is 0 Å². The van der Waals surface area contributed by atoms with E-state index in [0.717, 1.165) is 16.0 Å². The van der Waals surface area contributed by atoms with Crippen molar-refractivity contribution in [1.82, 2.24) is 9.71 Å². The van der Waals surface area contributed by atoms with Gasteiger partial charge in [0.2, 0.25) is 10.0 Å². The Kier molecular flexibility index (Phi) is 5.73. The Morgan fingerprint density at radius 1 is 1.19 bits per heavy atom. The zero-order valence-electron chi connectivity index (χ0n) is 14.9. The molecule has 9 heteroatoms. The van der Waals surface area contributed by atoms with Gasteiger partial charge in [-0.1, -0.05) is 24.3 Å². The van der Waals surface area contributed by atoms with Crippen LogP contribution in [0.25, 0.3) is 10.2 Å². The number of aromatic nitrogens is 1. The van der Waals surface area contributed by atoms with E-state index < -0.39 is 15.9 Å². The van der Waals surface area contributed by atoms with Crippen LogP contribution in [0.3, 0.4) is 0 Å². The second-order valence-corrected chi connectivity index (χ2v) is 8.36. The quantitative estimate of drug-likeness (QED) is 0.629. The smallest absolute Gasteiger partial charge is 0.257 e. The van der Waals surface area contributed by atoms with Gasteiger partial charge in [0.15, 0.2) is 5.13 Å². The van der Waals surface area contributed by atoms with Gasteiger partial charge in [-0.05, 0) is 43.3 Å². The van der Waals surface area contributed by atoms with Crippen molar-refractivity contribution in [2.24, 2.45) is 0 Å². The fourth-order valence-corrected chi connectivity index (χ4v) is 4.44. The number of thiazole rings is 1. The van der Waals surface area contributed by atoms with Crippen molar-refractivity contribution in [3.8, 4) is 5.75 Å². The molecule has 0 aliphatic rings. The van der Waals surface area contributed by atoms with E-state index in [1.165, 1.54) is 29.5 Å². The number of hydrogen-bond acceptors (Lipinski definition) is 6. The van der Waals surface area contributed by atoms with Crippen molar-refractivity contribution in [2.45, 2.75) is 18.7 Å². The zero-order chi connectivity index (χ0) is 19.4. The molecule has 1 heterocycles. The molecule has 0 radical (unpaired) electrons. The number of rotatable bonds is 7. The summed E-state index contributed by atoms with van der Waals surface area (Å²) in [5.41, 5.74) is 0.991. The lowest BCUT2D eigenvalue weighted by atomic mass is 10.2. The third-order valence-corrected chi connectivity index (χ3v) is 6.11. The fourth-order valence-electron chi connectivity index (χ4n) is 2.46. The first-order valence-corrected chi connectivity index (χ1v) is 10.7. The van der Waals surface area contributed by atoms with Crippen molar-refractivity contribution < 1.29 is 17.9 Å². The highest BCUT2D eigenvalue weighted by molar-refractivity contribution is 7.89. The molecule has 3 rings (SSSR count). The van der Waals surface area contributed by atoms with Crippen LogP contribution in [0.15, 0.2) is 47.4 Å². The third kappa shape index (κ3) is 4.44. The summed E-state index contributed by atoms with van der Waals surface area (Å²) in [5.74, 6) is 0.320. The van der Waals surface area contributed by atoms with Crippen LogP contribution in [0.2, 0.25) is 0 Å². The van der Waals surface area contributed by atoms with Gasteiger partial charge < -0.3 is 4.74 Å². The Bertz CT molecular complexity index is 1080. The highest BCUT2D eigenvalue weighted by Gasteiger charge is 2.16. The van der Waals surface area contributed by atoms with Crippen LogP contribution in [0.1, 0.15) is 24.2 Å². The summed E-state index contributed by atoms with van der Waals surface area (Å²) in [6, 6.07) is 11.4. The number of carbonyl (C=O) groups is 1. The Balaban J connectivity index is 1.82. The van der Waals surface area contributed by atoms with Crippen LogP contribution in [-0.2, 0) is 10.0 Å². The predicted molar refractivity (Wildman–Crippen MR) is 106 cm³/mol. The second kappa shape index (κ2) is 8.03. The van der Waals surface area contributed by atoms with Crippen LogP contribution >= 0.6 is 11.3 Å². The molecule has 0 fully saturated rings. The van der Waals surface area contributed by atoms with E-state index >= 15 is 0 Å². The molecule has 0 aliphatic heterocycles. The van der Waals surface area contributed by atoms with Gasteiger partial charge in [0.1, 0.15) is 5.75 Å². The van der Waals surface area contributed by atoms with Gasteiger partial charge in [-0.15, -0.1) is 0 Å². The molecule has 7 nitrogen and oxygen atoms in total.